The number of carbonyl (C=O) groups is 1. The number of nitrogens with zero attached hydrogens (tertiary/aromatic N) is 3. The molecular formula is C17H19F3N4O. The number of hydrogen-bond acceptors (Lipinski definition) is 4. The number of aromatic nitrogens is 2. The van der Waals surface area contributed by atoms with Gasteiger partial charge in [0.2, 0.25) is 0 Å². The molecule has 0 radical (unpaired) electrons. The predicted octanol–water partition coefficient (Wildman–Crippen LogP) is 3.98. The second kappa shape index (κ2) is 7.96. The maximum atomic E-state index is 13.0. The van der Waals surface area contributed by atoms with Gasteiger partial charge in [0.05, 0.1) is 11.3 Å². The van der Waals surface area contributed by atoms with Gasteiger partial charge in [0.15, 0.2) is 0 Å². The standard InChI is InChI=1S/C17H19F3N4O/c1-3-4-9-24(2)15-10-14(21-11-22-15)16(25)23-13-8-6-5-7-12(13)17(18,19)20/h5-8,10-11H,3-4,9H2,1-2H3,(H,23,25). The summed E-state index contributed by atoms with van der Waals surface area (Å²) in [4.78, 5) is 22.1. The molecule has 2 aromatic rings. The number of nitrogens with one attached hydrogen (secondary N) is 1. The lowest BCUT2D eigenvalue weighted by atomic mass is 10.1. The molecule has 1 heterocycles. The fourth-order valence-electron chi connectivity index (χ4n) is 2.22. The summed E-state index contributed by atoms with van der Waals surface area (Å²) in [6.07, 6.45) is -1.36. The molecule has 1 N–H and O–H groups in total. The summed E-state index contributed by atoms with van der Waals surface area (Å²) < 4.78 is 39.0. The van der Waals surface area contributed by atoms with Gasteiger partial charge in [-0.3, -0.25) is 4.79 Å². The van der Waals surface area contributed by atoms with Crippen LogP contribution < -0.4 is 10.2 Å². The number of carbonyl (C=O) groups excluding carboxylic acids is 1. The normalized spacial score (nSPS) is 11.2. The number of rotatable bonds is 6. The zero-order chi connectivity index (χ0) is 18.4. The Morgan fingerprint density at radius 1 is 1.24 bits per heavy atom. The molecule has 0 aliphatic carbocycles. The topological polar surface area (TPSA) is 58.1 Å². The van der Waals surface area contributed by atoms with E-state index in [0.717, 1.165) is 25.5 Å². The van der Waals surface area contributed by atoms with Gasteiger partial charge in [0, 0.05) is 19.7 Å². The van der Waals surface area contributed by atoms with E-state index in [-0.39, 0.29) is 11.4 Å². The minimum atomic E-state index is -4.55. The number of halogens is 3. The molecule has 1 aromatic carbocycles. The Hall–Kier alpha value is -2.64. The Kier molecular flexibility index (Phi) is 5.95. The number of benzene rings is 1. The molecule has 2 rings (SSSR count). The lowest BCUT2D eigenvalue weighted by molar-refractivity contribution is -0.136. The van der Waals surface area contributed by atoms with E-state index in [2.05, 4.69) is 22.2 Å². The molecule has 134 valence electrons. The van der Waals surface area contributed by atoms with E-state index in [0.29, 0.717) is 5.82 Å². The molecule has 1 amide bonds. The van der Waals surface area contributed by atoms with Crippen LogP contribution in [0.25, 0.3) is 0 Å². The zero-order valence-corrected chi connectivity index (χ0v) is 14.0. The van der Waals surface area contributed by atoms with Crippen molar-refractivity contribution in [3.05, 3.63) is 47.9 Å². The number of alkyl halides is 3. The average molecular weight is 352 g/mol. The highest BCUT2D eigenvalue weighted by Crippen LogP contribution is 2.34. The molecule has 0 bridgehead atoms. The van der Waals surface area contributed by atoms with E-state index in [4.69, 9.17) is 0 Å². The predicted molar refractivity (Wildman–Crippen MR) is 89.6 cm³/mol. The smallest absolute Gasteiger partial charge is 0.360 e. The second-order valence-corrected chi connectivity index (χ2v) is 5.53. The van der Waals surface area contributed by atoms with Crippen molar-refractivity contribution >= 4 is 17.4 Å². The number of para-hydroxylation sites is 1. The third-order valence-electron chi connectivity index (χ3n) is 3.60. The van der Waals surface area contributed by atoms with E-state index < -0.39 is 17.6 Å². The number of unbranched alkanes of at least 4 members (excludes halogenated alkanes) is 1. The Labute approximate surface area is 143 Å². The van der Waals surface area contributed by atoms with Gasteiger partial charge < -0.3 is 10.2 Å². The quantitative estimate of drug-likeness (QED) is 0.854. The van der Waals surface area contributed by atoms with Gasteiger partial charge in [0.1, 0.15) is 17.8 Å². The maximum absolute atomic E-state index is 13.0. The van der Waals surface area contributed by atoms with Crippen molar-refractivity contribution in [1.82, 2.24) is 9.97 Å². The second-order valence-electron chi connectivity index (χ2n) is 5.53. The monoisotopic (exact) mass is 352 g/mol. The van der Waals surface area contributed by atoms with Crippen LogP contribution in [0.1, 0.15) is 35.8 Å². The maximum Gasteiger partial charge on any atom is 0.418 e. The molecule has 8 heteroatoms. The van der Waals surface area contributed by atoms with Gasteiger partial charge in [-0.25, -0.2) is 9.97 Å². The first-order chi connectivity index (χ1) is 11.8. The molecule has 1 aromatic heterocycles. The molecular weight excluding hydrogens is 333 g/mol. The van der Waals surface area contributed by atoms with Crippen LogP contribution >= 0.6 is 0 Å². The molecule has 0 atom stereocenters. The summed E-state index contributed by atoms with van der Waals surface area (Å²) >= 11 is 0. The van der Waals surface area contributed by atoms with E-state index in [1.54, 1.807) is 0 Å². The molecule has 0 saturated carbocycles. The van der Waals surface area contributed by atoms with Gasteiger partial charge in [0.25, 0.3) is 5.91 Å². The van der Waals surface area contributed by atoms with Crippen LogP contribution in [0, 0.1) is 0 Å². The molecule has 0 fully saturated rings. The summed E-state index contributed by atoms with van der Waals surface area (Å²) in [5.74, 6) is -0.179. The van der Waals surface area contributed by atoms with Crippen molar-refractivity contribution in [1.29, 1.82) is 0 Å². The van der Waals surface area contributed by atoms with E-state index >= 15 is 0 Å². The van der Waals surface area contributed by atoms with Crippen LogP contribution in [0.3, 0.4) is 0 Å². The van der Waals surface area contributed by atoms with Crippen molar-refractivity contribution < 1.29 is 18.0 Å². The lowest BCUT2D eigenvalue weighted by Crippen LogP contribution is -2.22. The van der Waals surface area contributed by atoms with Crippen molar-refractivity contribution in [2.45, 2.75) is 25.9 Å². The first kappa shape index (κ1) is 18.7. The molecule has 0 saturated heterocycles. The lowest BCUT2D eigenvalue weighted by Gasteiger charge is -2.18. The molecule has 0 unspecified atom stereocenters. The SMILES string of the molecule is CCCCN(C)c1cc(C(=O)Nc2ccccc2C(F)(F)F)ncn1. The van der Waals surface area contributed by atoms with Crippen molar-refractivity contribution in [2.24, 2.45) is 0 Å². The minimum Gasteiger partial charge on any atom is -0.360 e. The van der Waals surface area contributed by atoms with Crippen molar-refractivity contribution in [3.63, 3.8) is 0 Å². The first-order valence-electron chi connectivity index (χ1n) is 7.83. The van der Waals surface area contributed by atoms with Crippen LogP contribution in [-0.4, -0.2) is 29.5 Å². The van der Waals surface area contributed by atoms with E-state index in [1.165, 1.54) is 30.6 Å². The highest BCUT2D eigenvalue weighted by atomic mass is 19.4. The zero-order valence-electron chi connectivity index (χ0n) is 14.0. The molecule has 0 spiro atoms. The van der Waals surface area contributed by atoms with Gasteiger partial charge in [-0.15, -0.1) is 0 Å². The third kappa shape index (κ3) is 4.91. The summed E-state index contributed by atoms with van der Waals surface area (Å²) in [5, 5.41) is 2.27. The van der Waals surface area contributed by atoms with Crippen LogP contribution in [0.15, 0.2) is 36.7 Å². The van der Waals surface area contributed by atoms with Crippen molar-refractivity contribution in [3.8, 4) is 0 Å². The van der Waals surface area contributed by atoms with Gasteiger partial charge in [-0.05, 0) is 18.6 Å². The largest absolute Gasteiger partial charge is 0.418 e. The van der Waals surface area contributed by atoms with Crippen LogP contribution in [-0.2, 0) is 6.18 Å². The molecule has 5 nitrogen and oxygen atoms in total. The van der Waals surface area contributed by atoms with Gasteiger partial charge in [-0.1, -0.05) is 25.5 Å². The Morgan fingerprint density at radius 2 is 1.96 bits per heavy atom. The van der Waals surface area contributed by atoms with Crippen LogP contribution in [0.5, 0.6) is 0 Å². The number of anilines is 2. The summed E-state index contributed by atoms with van der Waals surface area (Å²) in [6.45, 7) is 2.82. The Balaban J connectivity index is 2.20. The summed E-state index contributed by atoms with van der Waals surface area (Å²) in [7, 11) is 1.83. The van der Waals surface area contributed by atoms with Crippen molar-refractivity contribution in [2.75, 3.05) is 23.8 Å². The highest BCUT2D eigenvalue weighted by molar-refractivity contribution is 6.03. The van der Waals surface area contributed by atoms with E-state index in [1.807, 2.05) is 11.9 Å². The number of amides is 1. The first-order valence-corrected chi connectivity index (χ1v) is 7.83. The van der Waals surface area contributed by atoms with Crippen LogP contribution in [0.4, 0.5) is 24.7 Å². The molecule has 0 aliphatic heterocycles. The third-order valence-corrected chi connectivity index (χ3v) is 3.60. The fraction of sp³-hybridized carbons (Fsp3) is 0.353. The van der Waals surface area contributed by atoms with Gasteiger partial charge in [-0.2, -0.15) is 13.2 Å². The van der Waals surface area contributed by atoms with Gasteiger partial charge >= 0.3 is 6.18 Å². The molecule has 0 aliphatic rings. The molecule has 25 heavy (non-hydrogen) atoms. The fourth-order valence-corrected chi connectivity index (χ4v) is 2.22. The number of hydrogen-bond donors (Lipinski definition) is 1. The average Bonchev–Trinajstić information content (AvgIpc) is 2.59. The Morgan fingerprint density at radius 3 is 2.64 bits per heavy atom. The summed E-state index contributed by atoms with van der Waals surface area (Å²) in [6, 6.07) is 6.27. The van der Waals surface area contributed by atoms with E-state index in [9.17, 15) is 18.0 Å². The van der Waals surface area contributed by atoms with Crippen LogP contribution in [0.2, 0.25) is 0 Å². The minimum absolute atomic E-state index is 0.00493. The summed E-state index contributed by atoms with van der Waals surface area (Å²) in [5.41, 5.74) is -1.21. The highest BCUT2D eigenvalue weighted by Gasteiger charge is 2.33. The Bertz CT molecular complexity index is 734.